The normalized spacial score (nSPS) is 19.4. The fraction of sp³-hybridized carbons (Fsp3) is 0.647. The van der Waals surface area contributed by atoms with Gasteiger partial charge in [0.25, 0.3) is 0 Å². The number of rotatable bonds is 5. The number of nitrogens with one attached hydrogen (secondary N) is 1. The standard InChI is InChI=1S/C17H27NO/c1-5-17(10-6-7-11-17)16(18-3)14-12-13(2)8-9-15(14)19-4/h8-9,12,16,18H,5-7,10-11H2,1-4H3. The Morgan fingerprint density at radius 1 is 1.32 bits per heavy atom. The van der Waals surface area contributed by atoms with Crippen molar-refractivity contribution in [2.75, 3.05) is 14.2 Å². The second-order valence-electron chi connectivity index (χ2n) is 5.89. The van der Waals surface area contributed by atoms with Crippen LogP contribution in [0.25, 0.3) is 0 Å². The quantitative estimate of drug-likeness (QED) is 0.856. The molecule has 1 saturated carbocycles. The Balaban J connectivity index is 2.43. The van der Waals surface area contributed by atoms with Gasteiger partial charge in [-0.25, -0.2) is 0 Å². The Labute approximate surface area is 117 Å². The van der Waals surface area contributed by atoms with Gasteiger partial charge in [0.05, 0.1) is 7.11 Å². The third-order valence-corrected chi connectivity index (χ3v) is 4.90. The molecule has 0 aromatic heterocycles. The number of hydrogen-bond donors (Lipinski definition) is 1. The minimum Gasteiger partial charge on any atom is -0.496 e. The van der Waals surface area contributed by atoms with Crippen molar-refractivity contribution in [2.24, 2.45) is 5.41 Å². The van der Waals surface area contributed by atoms with E-state index in [1.54, 1.807) is 7.11 Å². The first-order valence-corrected chi connectivity index (χ1v) is 7.48. The Morgan fingerprint density at radius 3 is 2.53 bits per heavy atom. The highest BCUT2D eigenvalue weighted by molar-refractivity contribution is 5.40. The monoisotopic (exact) mass is 261 g/mol. The van der Waals surface area contributed by atoms with Crippen LogP contribution in [-0.4, -0.2) is 14.2 Å². The average Bonchev–Trinajstić information content (AvgIpc) is 2.90. The van der Waals surface area contributed by atoms with Crippen LogP contribution in [-0.2, 0) is 0 Å². The SMILES string of the molecule is CCC1(C(NC)c2cc(C)ccc2OC)CCCC1. The minimum atomic E-state index is 0.398. The van der Waals surface area contributed by atoms with Crippen LogP contribution >= 0.6 is 0 Å². The van der Waals surface area contributed by atoms with Gasteiger partial charge in [0, 0.05) is 11.6 Å². The predicted octanol–water partition coefficient (Wildman–Crippen LogP) is 4.23. The van der Waals surface area contributed by atoms with Crippen molar-refractivity contribution in [3.63, 3.8) is 0 Å². The molecule has 1 unspecified atom stereocenters. The van der Waals surface area contributed by atoms with Crippen LogP contribution in [0.4, 0.5) is 0 Å². The summed E-state index contributed by atoms with van der Waals surface area (Å²) in [6.45, 7) is 4.49. The fourth-order valence-corrected chi connectivity index (χ4v) is 3.80. The average molecular weight is 261 g/mol. The summed E-state index contributed by atoms with van der Waals surface area (Å²) < 4.78 is 5.59. The van der Waals surface area contributed by atoms with Gasteiger partial charge in [-0.3, -0.25) is 0 Å². The van der Waals surface area contributed by atoms with Crippen LogP contribution in [0.5, 0.6) is 5.75 Å². The van der Waals surface area contributed by atoms with E-state index in [-0.39, 0.29) is 0 Å². The molecule has 0 heterocycles. The summed E-state index contributed by atoms with van der Waals surface area (Å²) >= 11 is 0. The molecule has 0 bridgehead atoms. The van der Waals surface area contributed by atoms with Crippen LogP contribution in [0.2, 0.25) is 0 Å². The van der Waals surface area contributed by atoms with Gasteiger partial charge in [-0.05, 0) is 44.7 Å². The molecule has 19 heavy (non-hydrogen) atoms. The lowest BCUT2D eigenvalue weighted by Crippen LogP contribution is -2.34. The van der Waals surface area contributed by atoms with E-state index in [4.69, 9.17) is 4.74 Å². The highest BCUT2D eigenvalue weighted by atomic mass is 16.5. The predicted molar refractivity (Wildman–Crippen MR) is 80.7 cm³/mol. The van der Waals surface area contributed by atoms with Crippen LogP contribution < -0.4 is 10.1 Å². The van der Waals surface area contributed by atoms with Crippen LogP contribution in [0.3, 0.4) is 0 Å². The molecule has 1 aromatic carbocycles. The molecule has 0 radical (unpaired) electrons. The molecule has 1 atom stereocenters. The summed E-state index contributed by atoms with van der Waals surface area (Å²) in [4.78, 5) is 0. The zero-order valence-electron chi connectivity index (χ0n) is 12.8. The van der Waals surface area contributed by atoms with Crippen molar-refractivity contribution in [1.29, 1.82) is 0 Å². The molecular weight excluding hydrogens is 234 g/mol. The van der Waals surface area contributed by atoms with E-state index in [0.29, 0.717) is 11.5 Å². The first kappa shape index (κ1) is 14.4. The summed E-state index contributed by atoms with van der Waals surface area (Å²) in [5.41, 5.74) is 3.03. The number of ether oxygens (including phenoxy) is 1. The molecule has 1 fully saturated rings. The summed E-state index contributed by atoms with van der Waals surface area (Å²) in [5, 5.41) is 3.57. The number of methoxy groups -OCH3 is 1. The van der Waals surface area contributed by atoms with Gasteiger partial charge in [0.1, 0.15) is 5.75 Å². The highest BCUT2D eigenvalue weighted by Crippen LogP contribution is 2.51. The van der Waals surface area contributed by atoms with Crippen LogP contribution in [0.1, 0.15) is 56.2 Å². The Kier molecular flexibility index (Phi) is 4.51. The second kappa shape index (κ2) is 5.96. The molecule has 2 heteroatoms. The minimum absolute atomic E-state index is 0.398. The van der Waals surface area contributed by atoms with E-state index in [0.717, 1.165) is 5.75 Å². The molecule has 2 rings (SSSR count). The maximum Gasteiger partial charge on any atom is 0.123 e. The zero-order chi connectivity index (χ0) is 13.9. The molecule has 1 aliphatic carbocycles. The molecule has 0 spiro atoms. The molecule has 2 nitrogen and oxygen atoms in total. The second-order valence-corrected chi connectivity index (χ2v) is 5.89. The lowest BCUT2D eigenvalue weighted by Gasteiger charge is -2.38. The molecule has 0 amide bonds. The summed E-state index contributed by atoms with van der Waals surface area (Å²) in [5.74, 6) is 1.02. The molecule has 1 N–H and O–H groups in total. The number of aryl methyl sites for hydroxylation is 1. The largest absolute Gasteiger partial charge is 0.496 e. The van der Waals surface area contributed by atoms with Crippen molar-refractivity contribution < 1.29 is 4.74 Å². The Bertz CT molecular complexity index is 421. The first-order chi connectivity index (χ1) is 9.16. The summed E-state index contributed by atoms with van der Waals surface area (Å²) in [6.07, 6.45) is 6.61. The van der Waals surface area contributed by atoms with Gasteiger partial charge in [-0.1, -0.05) is 37.5 Å². The van der Waals surface area contributed by atoms with Crippen molar-refractivity contribution in [2.45, 2.75) is 52.0 Å². The van der Waals surface area contributed by atoms with Crippen molar-refractivity contribution >= 4 is 0 Å². The fourth-order valence-electron chi connectivity index (χ4n) is 3.80. The number of benzene rings is 1. The smallest absolute Gasteiger partial charge is 0.123 e. The lowest BCUT2D eigenvalue weighted by molar-refractivity contribution is 0.191. The summed E-state index contributed by atoms with van der Waals surface area (Å²) in [6, 6.07) is 6.92. The van der Waals surface area contributed by atoms with E-state index < -0.39 is 0 Å². The van der Waals surface area contributed by atoms with Crippen molar-refractivity contribution in [1.82, 2.24) is 5.32 Å². The molecule has 1 aromatic rings. The highest BCUT2D eigenvalue weighted by Gasteiger charge is 2.40. The van der Waals surface area contributed by atoms with Gasteiger partial charge in [0.2, 0.25) is 0 Å². The summed E-state index contributed by atoms with van der Waals surface area (Å²) in [7, 11) is 3.86. The van der Waals surface area contributed by atoms with Crippen molar-refractivity contribution in [3.05, 3.63) is 29.3 Å². The molecule has 106 valence electrons. The van der Waals surface area contributed by atoms with Gasteiger partial charge >= 0.3 is 0 Å². The maximum atomic E-state index is 5.59. The van der Waals surface area contributed by atoms with E-state index in [1.165, 1.54) is 43.2 Å². The third-order valence-electron chi connectivity index (χ3n) is 4.90. The Hall–Kier alpha value is -1.02. The first-order valence-electron chi connectivity index (χ1n) is 7.48. The molecular formula is C17H27NO. The maximum absolute atomic E-state index is 5.59. The van der Waals surface area contributed by atoms with Gasteiger partial charge in [-0.15, -0.1) is 0 Å². The van der Waals surface area contributed by atoms with Gasteiger partial charge in [-0.2, -0.15) is 0 Å². The van der Waals surface area contributed by atoms with Crippen LogP contribution in [0.15, 0.2) is 18.2 Å². The van der Waals surface area contributed by atoms with Crippen LogP contribution in [0, 0.1) is 12.3 Å². The molecule has 0 aliphatic heterocycles. The van der Waals surface area contributed by atoms with E-state index in [2.05, 4.69) is 44.4 Å². The van der Waals surface area contributed by atoms with Crippen molar-refractivity contribution in [3.8, 4) is 5.75 Å². The topological polar surface area (TPSA) is 21.3 Å². The lowest BCUT2D eigenvalue weighted by atomic mass is 9.73. The molecule has 0 saturated heterocycles. The van der Waals surface area contributed by atoms with E-state index >= 15 is 0 Å². The van der Waals surface area contributed by atoms with E-state index in [9.17, 15) is 0 Å². The zero-order valence-corrected chi connectivity index (χ0v) is 12.8. The number of hydrogen-bond acceptors (Lipinski definition) is 2. The Morgan fingerprint density at radius 2 is 2.00 bits per heavy atom. The molecule has 1 aliphatic rings. The van der Waals surface area contributed by atoms with Gasteiger partial charge < -0.3 is 10.1 Å². The third kappa shape index (κ3) is 2.64. The van der Waals surface area contributed by atoms with Gasteiger partial charge in [0.15, 0.2) is 0 Å². The van der Waals surface area contributed by atoms with E-state index in [1.807, 2.05) is 0 Å².